The molecule has 2 aromatic rings. The Morgan fingerprint density at radius 1 is 0.905 bits per heavy atom. The zero-order valence-electron chi connectivity index (χ0n) is 23.6. The lowest BCUT2D eigenvalue weighted by atomic mass is 9.90. The van der Waals surface area contributed by atoms with Gasteiger partial charge in [-0.05, 0) is 29.8 Å². The van der Waals surface area contributed by atoms with Gasteiger partial charge in [-0.3, -0.25) is 4.79 Å². The van der Waals surface area contributed by atoms with Crippen LogP contribution in [0.5, 0.6) is 28.7 Å². The molecule has 2 aliphatic rings. The average molecular weight is 593 g/mol. The molecule has 42 heavy (non-hydrogen) atoms. The SMILES string of the molecule is COc1cc([C@@H]2Oc3c(OC(C)=O)cc(/C=C/CO[C@H]4O[C@H](CO)[C@H](O)[C@@H](O)[C@H]4O)cc3[C@H]2CO)cc(OC)c1OC. The maximum Gasteiger partial charge on any atom is 0.308 e. The van der Waals surface area contributed by atoms with Gasteiger partial charge in [0.1, 0.15) is 30.5 Å². The molecular weight excluding hydrogens is 556 g/mol. The Morgan fingerprint density at radius 2 is 1.60 bits per heavy atom. The summed E-state index contributed by atoms with van der Waals surface area (Å²) in [5.74, 6) is 0.567. The minimum atomic E-state index is -1.55. The van der Waals surface area contributed by atoms with E-state index in [1.54, 1.807) is 36.4 Å². The third kappa shape index (κ3) is 6.32. The van der Waals surface area contributed by atoms with Crippen molar-refractivity contribution in [3.05, 3.63) is 47.0 Å². The molecule has 2 aliphatic heterocycles. The van der Waals surface area contributed by atoms with Gasteiger partial charge in [0.2, 0.25) is 5.75 Å². The van der Waals surface area contributed by atoms with Crippen molar-refractivity contribution in [1.29, 1.82) is 0 Å². The van der Waals surface area contributed by atoms with Crippen LogP contribution < -0.4 is 23.7 Å². The van der Waals surface area contributed by atoms with E-state index in [0.717, 1.165) is 0 Å². The Balaban J connectivity index is 1.59. The molecule has 5 N–H and O–H groups in total. The first-order valence-corrected chi connectivity index (χ1v) is 13.2. The highest BCUT2D eigenvalue weighted by atomic mass is 16.7. The number of carbonyl (C=O) groups excluding carboxylic acids is 1. The van der Waals surface area contributed by atoms with Crippen LogP contribution in [0.25, 0.3) is 6.08 Å². The van der Waals surface area contributed by atoms with Crippen molar-refractivity contribution in [1.82, 2.24) is 0 Å². The number of methoxy groups -OCH3 is 3. The Bertz CT molecular complexity index is 1250. The van der Waals surface area contributed by atoms with Gasteiger partial charge in [-0.15, -0.1) is 0 Å². The van der Waals surface area contributed by atoms with Gasteiger partial charge in [0, 0.05) is 18.1 Å². The number of carbonyl (C=O) groups is 1. The molecule has 0 spiro atoms. The van der Waals surface area contributed by atoms with Crippen molar-refractivity contribution < 1.29 is 63.5 Å². The minimum absolute atomic E-state index is 0.0728. The molecule has 4 rings (SSSR count). The van der Waals surface area contributed by atoms with Crippen LogP contribution >= 0.6 is 0 Å². The molecule has 13 nitrogen and oxygen atoms in total. The van der Waals surface area contributed by atoms with Crippen LogP contribution in [-0.4, -0.2) is 103 Å². The number of esters is 1. The predicted octanol–water partition coefficient (Wildman–Crippen LogP) is 0.677. The summed E-state index contributed by atoms with van der Waals surface area (Å²) >= 11 is 0. The second kappa shape index (κ2) is 13.7. The van der Waals surface area contributed by atoms with E-state index in [1.165, 1.54) is 28.3 Å². The van der Waals surface area contributed by atoms with E-state index in [0.29, 0.717) is 39.7 Å². The molecule has 0 aliphatic carbocycles. The number of rotatable bonds is 11. The monoisotopic (exact) mass is 592 g/mol. The summed E-state index contributed by atoms with van der Waals surface area (Å²) in [6.07, 6.45) is -4.36. The first-order chi connectivity index (χ1) is 20.2. The Labute approximate surface area is 242 Å². The molecule has 7 atom stereocenters. The van der Waals surface area contributed by atoms with Crippen molar-refractivity contribution in [3.63, 3.8) is 0 Å². The lowest BCUT2D eigenvalue weighted by Gasteiger charge is -2.39. The largest absolute Gasteiger partial charge is 0.493 e. The summed E-state index contributed by atoms with van der Waals surface area (Å²) in [7, 11) is 4.48. The molecule has 0 amide bonds. The van der Waals surface area contributed by atoms with Gasteiger partial charge in [0.05, 0.1) is 47.1 Å². The summed E-state index contributed by atoms with van der Waals surface area (Å²) in [6.45, 7) is 0.330. The van der Waals surface area contributed by atoms with E-state index >= 15 is 0 Å². The molecule has 1 fully saturated rings. The van der Waals surface area contributed by atoms with E-state index in [2.05, 4.69) is 0 Å². The second-order valence-electron chi connectivity index (χ2n) is 9.75. The second-order valence-corrected chi connectivity index (χ2v) is 9.75. The number of hydrogen-bond acceptors (Lipinski definition) is 13. The van der Waals surface area contributed by atoms with E-state index in [9.17, 15) is 30.3 Å². The van der Waals surface area contributed by atoms with Crippen molar-refractivity contribution in [2.24, 2.45) is 0 Å². The van der Waals surface area contributed by atoms with Crippen LogP contribution in [0.3, 0.4) is 0 Å². The zero-order valence-corrected chi connectivity index (χ0v) is 23.6. The molecule has 0 saturated carbocycles. The van der Waals surface area contributed by atoms with E-state index in [4.69, 9.17) is 33.2 Å². The van der Waals surface area contributed by atoms with Gasteiger partial charge in [-0.2, -0.15) is 0 Å². The Kier molecular flexibility index (Phi) is 10.3. The number of fused-ring (bicyclic) bond motifs is 1. The normalized spacial score (nSPS) is 26.9. The summed E-state index contributed by atoms with van der Waals surface area (Å²) in [5.41, 5.74) is 1.83. The van der Waals surface area contributed by atoms with Crippen LogP contribution in [-0.2, 0) is 14.3 Å². The lowest BCUT2D eigenvalue weighted by Crippen LogP contribution is -2.59. The quantitative estimate of drug-likeness (QED) is 0.182. The Morgan fingerprint density at radius 3 is 2.17 bits per heavy atom. The summed E-state index contributed by atoms with van der Waals surface area (Å²) in [6, 6.07) is 6.83. The fourth-order valence-corrected chi connectivity index (χ4v) is 5.05. The fraction of sp³-hybridized carbons (Fsp3) is 0.483. The smallest absolute Gasteiger partial charge is 0.308 e. The molecule has 230 valence electrons. The minimum Gasteiger partial charge on any atom is -0.493 e. The molecule has 0 bridgehead atoms. The number of hydrogen-bond donors (Lipinski definition) is 5. The highest BCUT2D eigenvalue weighted by Crippen LogP contribution is 2.52. The highest BCUT2D eigenvalue weighted by Gasteiger charge is 2.44. The van der Waals surface area contributed by atoms with Gasteiger partial charge < -0.3 is 58.7 Å². The van der Waals surface area contributed by atoms with E-state index in [1.807, 2.05) is 0 Å². The maximum absolute atomic E-state index is 11.9. The van der Waals surface area contributed by atoms with Crippen molar-refractivity contribution in [2.45, 2.75) is 49.7 Å². The molecule has 2 aromatic carbocycles. The van der Waals surface area contributed by atoms with Gasteiger partial charge in [-0.1, -0.05) is 12.2 Å². The highest BCUT2D eigenvalue weighted by molar-refractivity contribution is 5.73. The molecule has 2 heterocycles. The summed E-state index contributed by atoms with van der Waals surface area (Å²) in [4.78, 5) is 11.9. The van der Waals surface area contributed by atoms with Gasteiger partial charge in [-0.25, -0.2) is 0 Å². The fourth-order valence-electron chi connectivity index (χ4n) is 5.05. The summed E-state index contributed by atoms with van der Waals surface area (Å²) < 4.78 is 38.9. The van der Waals surface area contributed by atoms with Crippen LogP contribution in [0.4, 0.5) is 0 Å². The van der Waals surface area contributed by atoms with Gasteiger partial charge in [0.15, 0.2) is 29.3 Å². The van der Waals surface area contributed by atoms with Gasteiger partial charge >= 0.3 is 5.97 Å². The number of benzene rings is 2. The number of aliphatic hydroxyl groups excluding tert-OH is 5. The van der Waals surface area contributed by atoms with Gasteiger partial charge in [0.25, 0.3) is 0 Å². The van der Waals surface area contributed by atoms with Crippen LogP contribution in [0.1, 0.15) is 35.6 Å². The Hall–Kier alpha value is -3.43. The molecule has 0 radical (unpaired) electrons. The number of ether oxygens (including phenoxy) is 7. The summed E-state index contributed by atoms with van der Waals surface area (Å²) in [5, 5.41) is 49.8. The molecular formula is C29H36O13. The topological polar surface area (TPSA) is 183 Å². The third-order valence-electron chi connectivity index (χ3n) is 7.10. The van der Waals surface area contributed by atoms with Crippen LogP contribution in [0.2, 0.25) is 0 Å². The maximum atomic E-state index is 11.9. The average Bonchev–Trinajstić information content (AvgIpc) is 3.36. The first kappa shape index (κ1) is 31.5. The third-order valence-corrected chi connectivity index (χ3v) is 7.10. The van der Waals surface area contributed by atoms with Crippen molar-refractivity contribution in [2.75, 3.05) is 41.2 Å². The molecule has 0 unspecified atom stereocenters. The number of aliphatic hydroxyl groups is 5. The van der Waals surface area contributed by atoms with E-state index in [-0.39, 0.29) is 19.0 Å². The molecule has 1 saturated heterocycles. The van der Waals surface area contributed by atoms with Crippen LogP contribution in [0.15, 0.2) is 30.3 Å². The van der Waals surface area contributed by atoms with Crippen molar-refractivity contribution >= 4 is 12.0 Å². The van der Waals surface area contributed by atoms with Crippen LogP contribution in [0, 0.1) is 0 Å². The zero-order chi connectivity index (χ0) is 30.6. The van der Waals surface area contributed by atoms with Crippen molar-refractivity contribution in [3.8, 4) is 28.7 Å². The first-order valence-electron chi connectivity index (χ1n) is 13.2. The molecule has 0 aromatic heterocycles. The molecule has 13 heteroatoms. The lowest BCUT2D eigenvalue weighted by molar-refractivity contribution is -0.298. The van der Waals surface area contributed by atoms with E-state index < -0.39 is 55.3 Å². The predicted molar refractivity (Wildman–Crippen MR) is 146 cm³/mol. The standard InChI is InChI=1S/C29H36O13/c1-14(32)40-21-9-15(6-5-7-39-29-25(35)24(34)23(33)22(13-31)41-29)8-17-18(12-30)26(42-27(17)21)16-10-19(36-2)28(38-4)20(11-16)37-3/h5-6,8-11,18,22-26,29-31,33-35H,7,12-13H2,1-4H3/b6-5+/t18-,22-,23+,24-,25-,26+,29+/m1/s1.